The van der Waals surface area contributed by atoms with E-state index in [0.717, 1.165) is 9.87 Å². The van der Waals surface area contributed by atoms with Crippen molar-refractivity contribution in [3.05, 3.63) is 66.1 Å². The van der Waals surface area contributed by atoms with Crippen molar-refractivity contribution in [2.75, 3.05) is 14.1 Å². The van der Waals surface area contributed by atoms with E-state index >= 15 is 0 Å². The first-order valence-corrected chi connectivity index (χ1v) is 9.50. The van der Waals surface area contributed by atoms with Crippen LogP contribution in [0, 0.1) is 0 Å². The number of aromatic nitrogens is 2. The van der Waals surface area contributed by atoms with Crippen LogP contribution >= 0.6 is 0 Å². The third-order valence-corrected chi connectivity index (χ3v) is 5.62. The molecule has 0 bridgehead atoms. The van der Waals surface area contributed by atoms with E-state index in [1.165, 1.54) is 26.2 Å². The molecular weight excluding hydrogens is 368 g/mol. The van der Waals surface area contributed by atoms with Crippen molar-refractivity contribution in [1.82, 2.24) is 19.8 Å². The van der Waals surface area contributed by atoms with Crippen molar-refractivity contribution in [3.8, 4) is 11.5 Å². The van der Waals surface area contributed by atoms with Crippen LogP contribution in [0.15, 0.2) is 63.9 Å². The second-order valence-electron chi connectivity index (χ2n) is 5.89. The Morgan fingerprint density at radius 1 is 1.04 bits per heavy atom. The van der Waals surface area contributed by atoms with Crippen molar-refractivity contribution in [2.24, 2.45) is 0 Å². The Morgan fingerprint density at radius 2 is 1.70 bits per heavy atom. The third-order valence-electron chi connectivity index (χ3n) is 3.79. The molecule has 140 valence electrons. The molecule has 0 saturated carbocycles. The summed E-state index contributed by atoms with van der Waals surface area (Å²) < 4.78 is 30.7. The van der Waals surface area contributed by atoms with Gasteiger partial charge >= 0.3 is 11.8 Å². The largest absolute Gasteiger partial charge is 0.412 e. The molecule has 1 aromatic heterocycles. The van der Waals surface area contributed by atoms with Crippen molar-refractivity contribution in [1.29, 1.82) is 0 Å². The number of carbonyl (C=O) groups excluding carboxylic acids is 1. The number of hydrogen-bond acceptors (Lipinski definition) is 6. The highest BCUT2D eigenvalue weighted by Crippen LogP contribution is 2.21. The van der Waals surface area contributed by atoms with Crippen LogP contribution in [-0.2, 0) is 16.6 Å². The Kier molecular flexibility index (Phi) is 5.33. The van der Waals surface area contributed by atoms with Gasteiger partial charge in [-0.2, -0.15) is 0 Å². The van der Waals surface area contributed by atoms with Gasteiger partial charge in [-0.25, -0.2) is 12.7 Å². The number of nitrogens with one attached hydrogen (secondary N) is 1. The van der Waals surface area contributed by atoms with Crippen molar-refractivity contribution >= 4 is 15.9 Å². The van der Waals surface area contributed by atoms with Gasteiger partial charge in [-0.05, 0) is 29.8 Å². The molecule has 0 atom stereocenters. The first-order valence-electron chi connectivity index (χ1n) is 8.06. The Bertz CT molecular complexity index is 1030. The zero-order valence-electron chi connectivity index (χ0n) is 14.8. The Morgan fingerprint density at radius 3 is 2.33 bits per heavy atom. The number of carbonyl (C=O) groups is 1. The Hall–Kier alpha value is -3.04. The third kappa shape index (κ3) is 4.21. The van der Waals surface area contributed by atoms with Gasteiger partial charge in [0.1, 0.15) is 0 Å². The molecule has 0 aliphatic rings. The van der Waals surface area contributed by atoms with Crippen LogP contribution in [0.4, 0.5) is 0 Å². The molecule has 2 aromatic carbocycles. The average Bonchev–Trinajstić information content (AvgIpc) is 3.17. The van der Waals surface area contributed by atoms with Crippen LogP contribution in [0.1, 0.15) is 16.2 Å². The minimum absolute atomic E-state index is 0.133. The zero-order chi connectivity index (χ0) is 19.4. The Labute approximate surface area is 156 Å². The van der Waals surface area contributed by atoms with Crippen LogP contribution in [0.3, 0.4) is 0 Å². The van der Waals surface area contributed by atoms with Gasteiger partial charge in [0.2, 0.25) is 15.9 Å². The smallest absolute Gasteiger partial charge is 0.309 e. The standard InChI is InChI=1S/C18H18N4O4S/c1-22(2)27(24,25)15-10-8-14(9-11-15)17-20-21-18(26-17)16(23)19-12-13-6-4-3-5-7-13/h3-11H,12H2,1-2H3,(H,19,23). The number of nitrogens with zero attached hydrogens (tertiary/aromatic N) is 3. The highest BCUT2D eigenvalue weighted by molar-refractivity contribution is 7.89. The Balaban J connectivity index is 1.71. The molecule has 0 unspecified atom stereocenters. The van der Waals surface area contributed by atoms with E-state index < -0.39 is 15.9 Å². The molecule has 3 rings (SSSR count). The SMILES string of the molecule is CN(C)S(=O)(=O)c1ccc(-c2nnc(C(=O)NCc3ccccc3)o2)cc1. The fourth-order valence-electron chi connectivity index (χ4n) is 2.27. The number of hydrogen-bond donors (Lipinski definition) is 1. The predicted octanol–water partition coefficient (Wildman–Crippen LogP) is 1.92. The normalized spacial score (nSPS) is 11.5. The van der Waals surface area contributed by atoms with Crippen LogP contribution in [0.25, 0.3) is 11.5 Å². The van der Waals surface area contributed by atoms with Gasteiger partial charge in [0, 0.05) is 26.2 Å². The van der Waals surface area contributed by atoms with Gasteiger partial charge in [-0.15, -0.1) is 10.2 Å². The summed E-state index contributed by atoms with van der Waals surface area (Å²) in [5.74, 6) is -0.510. The van der Waals surface area contributed by atoms with Crippen molar-refractivity contribution < 1.29 is 17.6 Å². The molecule has 1 amide bonds. The second-order valence-corrected chi connectivity index (χ2v) is 8.04. The minimum atomic E-state index is -3.52. The fourth-order valence-corrected chi connectivity index (χ4v) is 3.17. The van der Waals surface area contributed by atoms with Crippen LogP contribution < -0.4 is 5.32 Å². The number of sulfonamides is 1. The summed E-state index contributed by atoms with van der Waals surface area (Å²) in [6.07, 6.45) is 0. The predicted molar refractivity (Wildman–Crippen MR) is 98.2 cm³/mol. The summed E-state index contributed by atoms with van der Waals surface area (Å²) in [4.78, 5) is 12.3. The summed E-state index contributed by atoms with van der Waals surface area (Å²) in [6.45, 7) is 0.342. The molecule has 0 fully saturated rings. The lowest BCUT2D eigenvalue weighted by Gasteiger charge is -2.11. The molecule has 0 radical (unpaired) electrons. The van der Waals surface area contributed by atoms with E-state index in [0.29, 0.717) is 12.1 Å². The van der Waals surface area contributed by atoms with E-state index in [-0.39, 0.29) is 16.7 Å². The number of benzene rings is 2. The van der Waals surface area contributed by atoms with Crippen molar-refractivity contribution in [3.63, 3.8) is 0 Å². The van der Waals surface area contributed by atoms with E-state index in [1.807, 2.05) is 30.3 Å². The molecule has 0 aliphatic heterocycles. The summed E-state index contributed by atoms with van der Waals surface area (Å²) in [6, 6.07) is 15.4. The quantitative estimate of drug-likeness (QED) is 0.694. The van der Waals surface area contributed by atoms with E-state index in [9.17, 15) is 13.2 Å². The highest BCUT2D eigenvalue weighted by Gasteiger charge is 2.19. The maximum atomic E-state index is 12.1. The molecule has 27 heavy (non-hydrogen) atoms. The maximum absolute atomic E-state index is 12.1. The first-order chi connectivity index (χ1) is 12.9. The molecule has 3 aromatic rings. The maximum Gasteiger partial charge on any atom is 0.309 e. The molecule has 0 spiro atoms. The van der Waals surface area contributed by atoms with Crippen LogP contribution in [0.5, 0.6) is 0 Å². The minimum Gasteiger partial charge on any atom is -0.412 e. The van der Waals surface area contributed by atoms with Crippen LogP contribution in [0.2, 0.25) is 0 Å². The number of amides is 1. The lowest BCUT2D eigenvalue weighted by molar-refractivity contribution is 0.0917. The zero-order valence-corrected chi connectivity index (χ0v) is 15.6. The van der Waals surface area contributed by atoms with Crippen LogP contribution in [-0.4, -0.2) is 42.9 Å². The lowest BCUT2D eigenvalue weighted by atomic mass is 10.2. The molecule has 1 N–H and O–H groups in total. The second kappa shape index (κ2) is 7.68. The van der Waals surface area contributed by atoms with Gasteiger partial charge in [-0.1, -0.05) is 30.3 Å². The van der Waals surface area contributed by atoms with E-state index in [4.69, 9.17) is 4.42 Å². The van der Waals surface area contributed by atoms with Gasteiger partial charge in [-0.3, -0.25) is 4.79 Å². The van der Waals surface area contributed by atoms with E-state index in [2.05, 4.69) is 15.5 Å². The molecule has 0 saturated heterocycles. The lowest BCUT2D eigenvalue weighted by Crippen LogP contribution is -2.23. The molecule has 9 heteroatoms. The summed E-state index contributed by atoms with van der Waals surface area (Å²) in [5.41, 5.74) is 1.46. The van der Waals surface area contributed by atoms with Gasteiger partial charge in [0.15, 0.2) is 0 Å². The first kappa shape index (κ1) is 18.7. The average molecular weight is 386 g/mol. The van der Waals surface area contributed by atoms with Crippen molar-refractivity contribution in [2.45, 2.75) is 11.4 Å². The summed E-state index contributed by atoms with van der Waals surface area (Å²) in [5, 5.41) is 10.3. The summed E-state index contributed by atoms with van der Waals surface area (Å²) in [7, 11) is -0.595. The monoisotopic (exact) mass is 386 g/mol. The van der Waals surface area contributed by atoms with Gasteiger partial charge < -0.3 is 9.73 Å². The van der Waals surface area contributed by atoms with E-state index in [1.54, 1.807) is 12.1 Å². The van der Waals surface area contributed by atoms with Gasteiger partial charge in [0.05, 0.1) is 4.90 Å². The molecule has 0 aliphatic carbocycles. The molecule has 8 nitrogen and oxygen atoms in total. The highest BCUT2D eigenvalue weighted by atomic mass is 32.2. The van der Waals surface area contributed by atoms with Gasteiger partial charge in [0.25, 0.3) is 0 Å². The fraction of sp³-hybridized carbons (Fsp3) is 0.167. The topological polar surface area (TPSA) is 105 Å². The molecule has 1 heterocycles. The summed E-state index contributed by atoms with van der Waals surface area (Å²) >= 11 is 0. The number of rotatable bonds is 6. The molecular formula is C18H18N4O4S.